The van der Waals surface area contributed by atoms with Crippen LogP contribution in [0.3, 0.4) is 0 Å². The lowest BCUT2D eigenvalue weighted by Crippen LogP contribution is -2.10. The number of thioether (sulfide) groups is 1. The molecule has 1 aromatic heterocycles. The van der Waals surface area contributed by atoms with Crippen molar-refractivity contribution >= 4 is 23.4 Å². The first-order chi connectivity index (χ1) is 6.74. The number of nitrogens with one attached hydrogen (secondary N) is 1. The van der Waals surface area contributed by atoms with E-state index in [9.17, 15) is 0 Å². The Hall–Kier alpha value is -0.320. The van der Waals surface area contributed by atoms with Crippen LogP contribution >= 0.6 is 23.4 Å². The van der Waals surface area contributed by atoms with Gasteiger partial charge >= 0.3 is 0 Å². The summed E-state index contributed by atoms with van der Waals surface area (Å²) in [5, 5.41) is 5.23. The fourth-order valence-corrected chi connectivity index (χ4v) is 2.81. The van der Waals surface area contributed by atoms with Crippen molar-refractivity contribution in [3.8, 4) is 0 Å². The van der Waals surface area contributed by atoms with E-state index in [1.165, 1.54) is 6.42 Å². The first-order valence-corrected chi connectivity index (χ1v) is 5.88. The molecule has 14 heavy (non-hydrogen) atoms. The number of aromatic nitrogens is 2. The monoisotopic (exact) mass is 229 g/mol. The second kappa shape index (κ2) is 4.47. The molecule has 0 unspecified atom stereocenters. The third-order valence-electron chi connectivity index (χ3n) is 2.09. The van der Waals surface area contributed by atoms with Gasteiger partial charge in [0, 0.05) is 17.5 Å². The average molecular weight is 230 g/mol. The molecule has 1 aliphatic heterocycles. The van der Waals surface area contributed by atoms with Gasteiger partial charge in [-0.3, -0.25) is 0 Å². The molecule has 2 heterocycles. The molecule has 1 aliphatic rings. The van der Waals surface area contributed by atoms with Crippen LogP contribution in [0.4, 0.5) is 0 Å². The van der Waals surface area contributed by atoms with Gasteiger partial charge in [0.15, 0.2) is 5.16 Å². The lowest BCUT2D eigenvalue weighted by Gasteiger charge is -2.06. The van der Waals surface area contributed by atoms with Gasteiger partial charge in [0.25, 0.3) is 0 Å². The largest absolute Gasteiger partial charge is 0.316 e. The molecule has 1 N–H and O–H groups in total. The van der Waals surface area contributed by atoms with E-state index in [0.29, 0.717) is 10.4 Å². The summed E-state index contributed by atoms with van der Waals surface area (Å²) in [6.07, 6.45) is 1.18. The molecule has 1 atom stereocenters. The lowest BCUT2D eigenvalue weighted by atomic mass is 10.4. The van der Waals surface area contributed by atoms with Crippen LogP contribution in [-0.4, -0.2) is 28.3 Å². The molecular weight excluding hydrogens is 218 g/mol. The van der Waals surface area contributed by atoms with E-state index >= 15 is 0 Å². The summed E-state index contributed by atoms with van der Waals surface area (Å²) < 4.78 is 0. The molecule has 0 aliphatic carbocycles. The Morgan fingerprint density at radius 2 is 2.43 bits per heavy atom. The molecule has 0 radical (unpaired) electrons. The van der Waals surface area contributed by atoms with Crippen LogP contribution in [0.5, 0.6) is 0 Å². The molecule has 0 spiro atoms. The normalized spacial score (nSPS) is 21.4. The summed E-state index contributed by atoms with van der Waals surface area (Å²) in [7, 11) is 0. The lowest BCUT2D eigenvalue weighted by molar-refractivity contribution is 0.857. The first-order valence-electron chi connectivity index (χ1n) is 4.62. The molecule has 3 nitrogen and oxygen atoms in total. The van der Waals surface area contributed by atoms with E-state index in [0.717, 1.165) is 23.9 Å². The second-order valence-electron chi connectivity index (χ2n) is 3.35. The summed E-state index contributed by atoms with van der Waals surface area (Å²) >= 11 is 7.57. The van der Waals surface area contributed by atoms with Gasteiger partial charge in [0.05, 0.1) is 0 Å². The Kier molecular flexibility index (Phi) is 3.26. The van der Waals surface area contributed by atoms with Crippen LogP contribution in [0.25, 0.3) is 0 Å². The fourth-order valence-electron chi connectivity index (χ4n) is 1.43. The van der Waals surface area contributed by atoms with Crippen LogP contribution in [-0.2, 0) is 0 Å². The number of hydrogen-bond donors (Lipinski definition) is 1. The predicted molar refractivity (Wildman–Crippen MR) is 58.9 cm³/mol. The highest BCUT2D eigenvalue weighted by molar-refractivity contribution is 7.99. The fraction of sp³-hybridized carbons (Fsp3) is 0.556. The summed E-state index contributed by atoms with van der Waals surface area (Å²) in [6.45, 7) is 4.07. The minimum atomic E-state index is 0.533. The maximum atomic E-state index is 5.86. The summed E-state index contributed by atoms with van der Waals surface area (Å²) in [5.74, 6) is 0. The SMILES string of the molecule is Cc1cc(Cl)nc(S[C@@H]2CCNC2)n1. The zero-order valence-electron chi connectivity index (χ0n) is 7.96. The van der Waals surface area contributed by atoms with Crippen LogP contribution in [0.2, 0.25) is 5.15 Å². The minimum absolute atomic E-state index is 0.533. The molecule has 0 amide bonds. The highest BCUT2D eigenvalue weighted by atomic mass is 35.5. The van der Waals surface area contributed by atoms with Crippen LogP contribution in [0.15, 0.2) is 11.2 Å². The maximum absolute atomic E-state index is 5.86. The van der Waals surface area contributed by atoms with E-state index in [-0.39, 0.29) is 0 Å². The van der Waals surface area contributed by atoms with Crippen molar-refractivity contribution < 1.29 is 0 Å². The average Bonchev–Trinajstić information content (AvgIpc) is 2.54. The Morgan fingerprint density at radius 1 is 1.57 bits per heavy atom. The Morgan fingerprint density at radius 3 is 3.07 bits per heavy atom. The molecule has 0 bridgehead atoms. The molecule has 2 rings (SSSR count). The van der Waals surface area contributed by atoms with Gasteiger partial charge in [0.1, 0.15) is 5.15 Å². The number of aryl methyl sites for hydroxylation is 1. The van der Waals surface area contributed by atoms with Crippen molar-refractivity contribution in [2.75, 3.05) is 13.1 Å². The van der Waals surface area contributed by atoms with E-state index < -0.39 is 0 Å². The summed E-state index contributed by atoms with van der Waals surface area (Å²) in [6, 6.07) is 1.78. The smallest absolute Gasteiger partial charge is 0.189 e. The molecule has 1 saturated heterocycles. The summed E-state index contributed by atoms with van der Waals surface area (Å²) in [4.78, 5) is 8.52. The van der Waals surface area contributed by atoms with Crippen molar-refractivity contribution in [1.82, 2.24) is 15.3 Å². The van der Waals surface area contributed by atoms with E-state index in [2.05, 4.69) is 15.3 Å². The van der Waals surface area contributed by atoms with Gasteiger partial charge < -0.3 is 5.32 Å². The molecule has 76 valence electrons. The Bertz CT molecular complexity index is 306. The van der Waals surface area contributed by atoms with Crippen molar-refractivity contribution in [2.45, 2.75) is 23.8 Å². The predicted octanol–water partition coefficient (Wildman–Crippen LogP) is 1.89. The van der Waals surface area contributed by atoms with Gasteiger partial charge in [-0.15, -0.1) is 0 Å². The summed E-state index contributed by atoms with van der Waals surface area (Å²) in [5.41, 5.74) is 0.929. The van der Waals surface area contributed by atoms with Gasteiger partial charge in [0.2, 0.25) is 0 Å². The van der Waals surface area contributed by atoms with E-state index in [4.69, 9.17) is 11.6 Å². The van der Waals surface area contributed by atoms with Crippen LogP contribution in [0.1, 0.15) is 12.1 Å². The second-order valence-corrected chi connectivity index (χ2v) is 5.00. The topological polar surface area (TPSA) is 37.8 Å². The van der Waals surface area contributed by atoms with Crippen molar-refractivity contribution in [2.24, 2.45) is 0 Å². The molecule has 1 fully saturated rings. The Balaban J connectivity index is 2.07. The third kappa shape index (κ3) is 2.59. The van der Waals surface area contributed by atoms with E-state index in [1.807, 2.05) is 6.92 Å². The van der Waals surface area contributed by atoms with Crippen LogP contribution in [0, 0.1) is 6.92 Å². The number of nitrogens with zero attached hydrogens (tertiary/aromatic N) is 2. The van der Waals surface area contributed by atoms with Gasteiger partial charge in [-0.2, -0.15) is 0 Å². The van der Waals surface area contributed by atoms with Crippen molar-refractivity contribution in [1.29, 1.82) is 0 Å². The van der Waals surface area contributed by atoms with Crippen molar-refractivity contribution in [3.63, 3.8) is 0 Å². The molecule has 5 heteroatoms. The van der Waals surface area contributed by atoms with Gasteiger partial charge in [-0.05, 0) is 26.0 Å². The van der Waals surface area contributed by atoms with Crippen molar-refractivity contribution in [3.05, 3.63) is 16.9 Å². The Labute approximate surface area is 92.7 Å². The molecule has 0 aromatic carbocycles. The van der Waals surface area contributed by atoms with Gasteiger partial charge in [-0.1, -0.05) is 23.4 Å². The standard InChI is InChI=1S/C9H12ClN3S/c1-6-4-8(10)13-9(12-6)14-7-2-3-11-5-7/h4,7,11H,2-3,5H2,1H3/t7-/m1/s1. The van der Waals surface area contributed by atoms with Crippen LogP contribution < -0.4 is 5.32 Å². The highest BCUT2D eigenvalue weighted by Gasteiger charge is 2.17. The maximum Gasteiger partial charge on any atom is 0.189 e. The highest BCUT2D eigenvalue weighted by Crippen LogP contribution is 2.24. The zero-order valence-corrected chi connectivity index (χ0v) is 9.53. The third-order valence-corrected chi connectivity index (χ3v) is 3.41. The number of halogens is 1. The molecule has 0 saturated carbocycles. The zero-order chi connectivity index (χ0) is 9.97. The van der Waals surface area contributed by atoms with E-state index in [1.54, 1.807) is 17.8 Å². The molecule has 1 aromatic rings. The molecular formula is C9H12ClN3S. The number of rotatable bonds is 2. The number of hydrogen-bond acceptors (Lipinski definition) is 4. The van der Waals surface area contributed by atoms with Gasteiger partial charge in [-0.25, -0.2) is 9.97 Å². The minimum Gasteiger partial charge on any atom is -0.316 e. The first kappa shape index (κ1) is 10.2. The quantitative estimate of drug-likeness (QED) is 0.621.